The van der Waals surface area contributed by atoms with Gasteiger partial charge < -0.3 is 4.74 Å². The van der Waals surface area contributed by atoms with Gasteiger partial charge in [0.1, 0.15) is 6.61 Å². The minimum atomic E-state index is -0.626. The van der Waals surface area contributed by atoms with Crippen molar-refractivity contribution in [3.8, 4) is 12.3 Å². The number of carbonyl (C=O) groups excluding carboxylic acids is 1. The van der Waals surface area contributed by atoms with Gasteiger partial charge in [0.25, 0.3) is 0 Å². The first-order valence-corrected chi connectivity index (χ1v) is 7.41. The first-order chi connectivity index (χ1) is 9.74. The van der Waals surface area contributed by atoms with Crippen molar-refractivity contribution in [3.05, 3.63) is 35.9 Å². The van der Waals surface area contributed by atoms with E-state index < -0.39 is 5.97 Å². The predicted molar refractivity (Wildman–Crippen MR) is 86.2 cm³/mol. The molecule has 0 aliphatic carbocycles. The minimum absolute atomic E-state index is 0.240. The molecule has 0 N–H and O–H groups in total. The fraction of sp³-hybridized carbons (Fsp3) is 0.500. The summed E-state index contributed by atoms with van der Waals surface area (Å²) in [6, 6.07) is 9.37. The molecule has 2 nitrogen and oxygen atoms in total. The van der Waals surface area contributed by atoms with E-state index in [4.69, 9.17) is 11.2 Å². The zero-order valence-corrected chi connectivity index (χ0v) is 13.3. The number of unbranched alkanes of at least 4 members (excludes halogenated alkanes) is 3. The fourth-order valence-electron chi connectivity index (χ4n) is 1.26. The number of benzene rings is 1. The van der Waals surface area contributed by atoms with E-state index in [2.05, 4.69) is 13.8 Å². The van der Waals surface area contributed by atoms with Crippen molar-refractivity contribution in [3.63, 3.8) is 0 Å². The average molecular weight is 276 g/mol. The first-order valence-electron chi connectivity index (χ1n) is 7.41. The molecule has 0 saturated carbocycles. The standard InChI is InChI=1S/C10H8O2.C6H14.C2H6/c1-2-10(11)12-8-9-6-4-3-5-7-9;1-3-5-6-4-2;1-2/h1,3-7H,8H2;3-6H2,1-2H3;1-2H3. The molecule has 0 unspecified atom stereocenters. The predicted octanol–water partition coefficient (Wildman–Crippen LogP) is 4.98. The molecule has 0 heterocycles. The molecule has 0 atom stereocenters. The van der Waals surface area contributed by atoms with Gasteiger partial charge in [-0.05, 0) is 5.56 Å². The number of hydrogen-bond donors (Lipinski definition) is 0. The summed E-state index contributed by atoms with van der Waals surface area (Å²) in [5, 5.41) is 0. The molecule has 1 aromatic rings. The van der Waals surface area contributed by atoms with Crippen LogP contribution in [-0.4, -0.2) is 5.97 Å². The zero-order chi connectivity index (χ0) is 15.6. The van der Waals surface area contributed by atoms with E-state index in [1.54, 1.807) is 0 Å². The van der Waals surface area contributed by atoms with Crippen LogP contribution < -0.4 is 0 Å². The van der Waals surface area contributed by atoms with Crippen LogP contribution in [-0.2, 0) is 16.1 Å². The fourth-order valence-corrected chi connectivity index (χ4v) is 1.26. The van der Waals surface area contributed by atoms with Crippen molar-refractivity contribution in [2.75, 3.05) is 0 Å². The molecular weight excluding hydrogens is 248 g/mol. The summed E-state index contributed by atoms with van der Waals surface area (Å²) in [5.74, 6) is 1.25. The van der Waals surface area contributed by atoms with E-state index in [0.29, 0.717) is 0 Å². The Balaban J connectivity index is 0. The van der Waals surface area contributed by atoms with E-state index in [9.17, 15) is 4.79 Å². The normalized spacial score (nSPS) is 8.15. The molecule has 0 radical (unpaired) electrons. The van der Waals surface area contributed by atoms with Gasteiger partial charge in [0, 0.05) is 5.92 Å². The number of hydrogen-bond acceptors (Lipinski definition) is 2. The molecule has 1 rings (SSSR count). The highest BCUT2D eigenvalue weighted by molar-refractivity contribution is 5.87. The Kier molecular flexibility index (Phi) is 17.7. The Hall–Kier alpha value is -1.75. The summed E-state index contributed by atoms with van der Waals surface area (Å²) < 4.78 is 4.70. The molecular formula is C18H28O2. The third kappa shape index (κ3) is 14.3. The highest BCUT2D eigenvalue weighted by Crippen LogP contribution is 1.99. The second-order valence-electron chi connectivity index (χ2n) is 3.91. The van der Waals surface area contributed by atoms with Gasteiger partial charge in [0.15, 0.2) is 0 Å². The van der Waals surface area contributed by atoms with Crippen LogP contribution in [0, 0.1) is 12.3 Å². The molecule has 0 amide bonds. The first kappa shape index (κ1) is 20.6. The van der Waals surface area contributed by atoms with Crippen LogP contribution in [0.2, 0.25) is 0 Å². The van der Waals surface area contributed by atoms with Crippen LogP contribution in [0.1, 0.15) is 58.9 Å². The molecule has 0 saturated heterocycles. The molecule has 2 heteroatoms. The monoisotopic (exact) mass is 276 g/mol. The van der Waals surface area contributed by atoms with E-state index in [1.165, 1.54) is 25.7 Å². The third-order valence-electron chi connectivity index (χ3n) is 2.29. The topological polar surface area (TPSA) is 26.3 Å². The second kappa shape index (κ2) is 17.2. The van der Waals surface area contributed by atoms with Crippen molar-refractivity contribution in [2.24, 2.45) is 0 Å². The van der Waals surface area contributed by atoms with Crippen molar-refractivity contribution in [2.45, 2.75) is 60.0 Å². The Morgan fingerprint density at radius 3 is 2.00 bits per heavy atom. The SMILES string of the molecule is C#CC(=O)OCc1ccccc1.CC.CCCCCC. The van der Waals surface area contributed by atoms with Crippen LogP contribution in [0.15, 0.2) is 30.3 Å². The summed E-state index contributed by atoms with van der Waals surface area (Å²) in [6.45, 7) is 8.70. The molecule has 0 aromatic heterocycles. The number of carbonyl (C=O) groups is 1. The third-order valence-corrected chi connectivity index (χ3v) is 2.29. The Bertz CT molecular complexity index is 345. The Morgan fingerprint density at radius 1 is 1.10 bits per heavy atom. The Labute approximate surface area is 124 Å². The summed E-state index contributed by atoms with van der Waals surface area (Å²) in [7, 11) is 0. The molecule has 0 aliphatic rings. The highest BCUT2D eigenvalue weighted by Gasteiger charge is 1.96. The lowest BCUT2D eigenvalue weighted by Crippen LogP contribution is -2.00. The summed E-state index contributed by atoms with van der Waals surface area (Å²) >= 11 is 0. The minimum Gasteiger partial charge on any atom is -0.451 e. The lowest BCUT2D eigenvalue weighted by Gasteiger charge is -1.99. The van der Waals surface area contributed by atoms with Crippen LogP contribution in [0.3, 0.4) is 0 Å². The lowest BCUT2D eigenvalue weighted by molar-refractivity contribution is -0.137. The number of rotatable bonds is 5. The molecule has 1 aromatic carbocycles. The second-order valence-corrected chi connectivity index (χ2v) is 3.91. The summed E-state index contributed by atoms with van der Waals surface area (Å²) in [6.07, 6.45) is 10.3. The maximum Gasteiger partial charge on any atom is 0.384 e. The maximum atomic E-state index is 10.5. The van der Waals surface area contributed by atoms with Gasteiger partial charge in [-0.1, -0.05) is 83.7 Å². The number of terminal acetylenes is 1. The zero-order valence-electron chi connectivity index (χ0n) is 13.3. The van der Waals surface area contributed by atoms with Crippen molar-refractivity contribution < 1.29 is 9.53 Å². The molecule has 20 heavy (non-hydrogen) atoms. The van der Waals surface area contributed by atoms with Crippen LogP contribution in [0.25, 0.3) is 0 Å². The summed E-state index contributed by atoms with van der Waals surface area (Å²) in [4.78, 5) is 10.5. The van der Waals surface area contributed by atoms with Crippen LogP contribution in [0.5, 0.6) is 0 Å². The van der Waals surface area contributed by atoms with Gasteiger partial charge in [-0.2, -0.15) is 0 Å². The summed E-state index contributed by atoms with van der Waals surface area (Å²) in [5.41, 5.74) is 0.932. The smallest absolute Gasteiger partial charge is 0.384 e. The van der Waals surface area contributed by atoms with Gasteiger partial charge in [-0.3, -0.25) is 0 Å². The van der Waals surface area contributed by atoms with Gasteiger partial charge in [-0.15, -0.1) is 6.42 Å². The average Bonchev–Trinajstić information content (AvgIpc) is 2.54. The molecule has 0 spiro atoms. The van der Waals surface area contributed by atoms with Crippen molar-refractivity contribution in [1.29, 1.82) is 0 Å². The Morgan fingerprint density at radius 2 is 1.60 bits per heavy atom. The maximum absolute atomic E-state index is 10.5. The lowest BCUT2D eigenvalue weighted by atomic mass is 10.2. The molecule has 0 fully saturated rings. The van der Waals surface area contributed by atoms with E-state index >= 15 is 0 Å². The van der Waals surface area contributed by atoms with Gasteiger partial charge in [0.2, 0.25) is 0 Å². The molecule has 112 valence electrons. The number of ether oxygens (including phenoxy) is 1. The van der Waals surface area contributed by atoms with E-state index in [-0.39, 0.29) is 6.61 Å². The molecule has 0 aliphatic heterocycles. The largest absolute Gasteiger partial charge is 0.451 e. The van der Waals surface area contributed by atoms with Crippen molar-refractivity contribution in [1.82, 2.24) is 0 Å². The van der Waals surface area contributed by atoms with Crippen LogP contribution >= 0.6 is 0 Å². The molecule has 0 bridgehead atoms. The van der Waals surface area contributed by atoms with Crippen molar-refractivity contribution >= 4 is 5.97 Å². The number of esters is 1. The highest BCUT2D eigenvalue weighted by atomic mass is 16.5. The van der Waals surface area contributed by atoms with E-state index in [0.717, 1.165) is 5.56 Å². The quantitative estimate of drug-likeness (QED) is 0.328. The van der Waals surface area contributed by atoms with Gasteiger partial charge in [0.05, 0.1) is 0 Å². The van der Waals surface area contributed by atoms with Crippen LogP contribution in [0.4, 0.5) is 0 Å². The van der Waals surface area contributed by atoms with Gasteiger partial charge in [-0.25, -0.2) is 4.79 Å². The van der Waals surface area contributed by atoms with E-state index in [1.807, 2.05) is 50.1 Å². The van der Waals surface area contributed by atoms with Gasteiger partial charge >= 0.3 is 5.97 Å².